The number of fused-ring (bicyclic) bond motifs is 1. The first-order valence-electron chi connectivity index (χ1n) is 10.5. The van der Waals surface area contributed by atoms with Crippen LogP contribution in [0.25, 0.3) is 22.2 Å². The number of nitrogens with one attached hydrogen (secondary N) is 1. The maximum atomic E-state index is 12.4. The highest BCUT2D eigenvalue weighted by Crippen LogP contribution is 2.48. The van der Waals surface area contributed by atoms with Gasteiger partial charge in [0.25, 0.3) is 5.56 Å². The Morgan fingerprint density at radius 2 is 1.90 bits per heavy atom. The molecule has 1 saturated carbocycles. The van der Waals surface area contributed by atoms with Crippen LogP contribution in [0.3, 0.4) is 0 Å². The van der Waals surface area contributed by atoms with Crippen molar-refractivity contribution < 1.29 is 15.0 Å². The molecule has 2 fully saturated rings. The summed E-state index contributed by atoms with van der Waals surface area (Å²) in [6, 6.07) is 8.14. The van der Waals surface area contributed by atoms with E-state index in [0.717, 1.165) is 48.9 Å². The van der Waals surface area contributed by atoms with Gasteiger partial charge in [-0.2, -0.15) is 0 Å². The van der Waals surface area contributed by atoms with E-state index in [9.17, 15) is 19.8 Å². The average molecular weight is 444 g/mol. The molecule has 0 amide bonds. The van der Waals surface area contributed by atoms with Gasteiger partial charge in [-0.15, -0.1) is 12.4 Å². The van der Waals surface area contributed by atoms with Crippen LogP contribution in [0.4, 0.5) is 0 Å². The predicted molar refractivity (Wildman–Crippen MR) is 121 cm³/mol. The number of nitrogens with zero attached hydrogens (tertiary/aromatic N) is 2. The van der Waals surface area contributed by atoms with Gasteiger partial charge in [0, 0.05) is 35.8 Å². The van der Waals surface area contributed by atoms with Crippen LogP contribution >= 0.6 is 12.4 Å². The zero-order valence-corrected chi connectivity index (χ0v) is 18.2. The molecule has 1 aliphatic carbocycles. The number of hydrogen-bond donors (Lipinski definition) is 3. The number of rotatable bonds is 5. The number of likely N-dealkylation sites (tertiary alicyclic amines) is 1. The first kappa shape index (κ1) is 21.5. The van der Waals surface area contributed by atoms with Gasteiger partial charge in [-0.1, -0.05) is 6.07 Å². The number of aryl methyl sites for hydroxylation is 1. The molecule has 0 atom stereocenters. The highest BCUT2D eigenvalue weighted by molar-refractivity contribution is 5.93. The maximum Gasteiger partial charge on any atom is 0.345 e. The van der Waals surface area contributed by atoms with Gasteiger partial charge in [0.15, 0.2) is 5.56 Å². The molecule has 3 heterocycles. The van der Waals surface area contributed by atoms with Gasteiger partial charge in [0.1, 0.15) is 5.75 Å². The number of aromatic carboxylic acids is 1. The fraction of sp³-hybridized carbons (Fsp3) is 0.391. The van der Waals surface area contributed by atoms with Crippen LogP contribution in [-0.4, -0.2) is 43.7 Å². The van der Waals surface area contributed by atoms with Gasteiger partial charge >= 0.3 is 5.97 Å². The number of aromatic hydroxyl groups is 1. The van der Waals surface area contributed by atoms with Crippen LogP contribution in [0.2, 0.25) is 0 Å². The number of carboxylic acids is 1. The van der Waals surface area contributed by atoms with Gasteiger partial charge in [-0.05, 0) is 68.5 Å². The van der Waals surface area contributed by atoms with E-state index in [-0.39, 0.29) is 18.3 Å². The molecule has 1 saturated heterocycles. The second-order valence-electron chi connectivity index (χ2n) is 8.50. The monoisotopic (exact) mass is 443 g/mol. The molecule has 3 N–H and O–H groups in total. The summed E-state index contributed by atoms with van der Waals surface area (Å²) in [5, 5.41) is 21.0. The van der Waals surface area contributed by atoms with Crippen LogP contribution in [0, 0.1) is 0 Å². The highest BCUT2D eigenvalue weighted by Gasteiger charge is 2.33. The van der Waals surface area contributed by atoms with Crippen molar-refractivity contribution in [1.82, 2.24) is 14.5 Å². The van der Waals surface area contributed by atoms with Crippen molar-refractivity contribution in [3.8, 4) is 17.0 Å². The summed E-state index contributed by atoms with van der Waals surface area (Å²) in [6.45, 7) is 3.18. The van der Waals surface area contributed by atoms with Gasteiger partial charge < -0.3 is 19.8 Å². The third-order valence-electron chi connectivity index (χ3n) is 6.44. The molecule has 0 spiro atoms. The second-order valence-corrected chi connectivity index (χ2v) is 8.50. The van der Waals surface area contributed by atoms with Crippen LogP contribution < -0.4 is 5.56 Å². The minimum atomic E-state index is -1.41. The summed E-state index contributed by atoms with van der Waals surface area (Å²) in [5.41, 5.74) is 2.85. The number of benzene rings is 1. The number of aromatic nitrogens is 2. The molecule has 3 aromatic rings. The van der Waals surface area contributed by atoms with Crippen LogP contribution in [0.5, 0.6) is 5.75 Å². The normalized spacial score (nSPS) is 16.5. The summed E-state index contributed by atoms with van der Waals surface area (Å²) >= 11 is 0. The van der Waals surface area contributed by atoms with E-state index in [1.54, 1.807) is 0 Å². The quantitative estimate of drug-likeness (QED) is 0.556. The number of H-pyrrole nitrogens is 1. The van der Waals surface area contributed by atoms with Crippen molar-refractivity contribution in [3.63, 3.8) is 0 Å². The fourth-order valence-electron chi connectivity index (χ4n) is 4.68. The Bertz CT molecular complexity index is 1220. The summed E-state index contributed by atoms with van der Waals surface area (Å²) in [4.78, 5) is 29.0. The zero-order chi connectivity index (χ0) is 21.0. The number of halogens is 1. The molecule has 0 bridgehead atoms. The van der Waals surface area contributed by atoms with Crippen molar-refractivity contribution in [3.05, 3.63) is 51.4 Å². The summed E-state index contributed by atoms with van der Waals surface area (Å²) in [7, 11) is 2.07. The molecule has 2 aromatic heterocycles. The van der Waals surface area contributed by atoms with E-state index in [1.807, 2.05) is 18.2 Å². The van der Waals surface area contributed by atoms with Crippen molar-refractivity contribution in [2.75, 3.05) is 13.1 Å². The second kappa shape index (κ2) is 8.05. The van der Waals surface area contributed by atoms with Crippen molar-refractivity contribution >= 4 is 29.3 Å². The van der Waals surface area contributed by atoms with Crippen LogP contribution in [0.15, 0.2) is 29.1 Å². The number of carbonyl (C=O) groups is 1. The lowest BCUT2D eigenvalue weighted by Crippen LogP contribution is -2.20. The molecular weight excluding hydrogens is 418 g/mol. The van der Waals surface area contributed by atoms with E-state index in [2.05, 4.69) is 27.6 Å². The lowest BCUT2D eigenvalue weighted by molar-refractivity contribution is 0.0691. The van der Waals surface area contributed by atoms with E-state index < -0.39 is 22.8 Å². The molecule has 31 heavy (non-hydrogen) atoms. The Hall–Kier alpha value is -2.77. The lowest BCUT2D eigenvalue weighted by Gasteiger charge is -2.15. The minimum absolute atomic E-state index is 0. The molecule has 2 aliphatic rings. The zero-order valence-electron chi connectivity index (χ0n) is 17.4. The first-order valence-corrected chi connectivity index (χ1v) is 10.5. The van der Waals surface area contributed by atoms with E-state index in [1.165, 1.54) is 18.5 Å². The Morgan fingerprint density at radius 3 is 2.55 bits per heavy atom. The molecule has 7 nitrogen and oxygen atoms in total. The largest absolute Gasteiger partial charge is 0.506 e. The van der Waals surface area contributed by atoms with Crippen molar-refractivity contribution in [2.24, 2.45) is 7.05 Å². The van der Waals surface area contributed by atoms with E-state index >= 15 is 0 Å². The lowest BCUT2D eigenvalue weighted by atomic mass is 9.98. The summed E-state index contributed by atoms with van der Waals surface area (Å²) in [5.74, 6) is -1.73. The van der Waals surface area contributed by atoms with Gasteiger partial charge in [0.2, 0.25) is 0 Å². The highest BCUT2D eigenvalue weighted by atomic mass is 35.5. The Kier molecular flexibility index (Phi) is 5.58. The van der Waals surface area contributed by atoms with Crippen LogP contribution in [0.1, 0.15) is 53.2 Å². The molecule has 1 aromatic carbocycles. The first-order chi connectivity index (χ1) is 14.4. The topological polar surface area (TPSA) is 98.6 Å². The van der Waals surface area contributed by atoms with Crippen molar-refractivity contribution in [1.29, 1.82) is 0 Å². The minimum Gasteiger partial charge on any atom is -0.506 e. The Balaban J connectivity index is 0.00000231. The molecule has 0 radical (unpaired) electrons. The molecule has 164 valence electrons. The Morgan fingerprint density at radius 1 is 1.19 bits per heavy atom. The number of aromatic amines is 1. The predicted octanol–water partition coefficient (Wildman–Crippen LogP) is 3.83. The number of pyridine rings is 1. The molecule has 1 aliphatic heterocycles. The smallest absolute Gasteiger partial charge is 0.345 e. The third-order valence-corrected chi connectivity index (χ3v) is 6.44. The van der Waals surface area contributed by atoms with E-state index in [4.69, 9.17) is 0 Å². The standard InChI is InChI=1S/C23H25N3O4.ClH/c1-25-16(12-26-8-2-3-9-26)11-15-10-14(6-7-17(15)25)20-18(13-4-5-13)21(27)19(23(29)30)22(28)24-20;/h6-7,10-11,13H,2-5,8-9,12H2,1H3,(H,29,30)(H2,24,27,28);1H. The summed E-state index contributed by atoms with van der Waals surface area (Å²) < 4.78 is 2.20. The van der Waals surface area contributed by atoms with Gasteiger partial charge in [-0.3, -0.25) is 9.69 Å². The molecule has 0 unspecified atom stereocenters. The van der Waals surface area contributed by atoms with Crippen LogP contribution in [-0.2, 0) is 13.6 Å². The van der Waals surface area contributed by atoms with E-state index in [0.29, 0.717) is 11.3 Å². The Labute approximate surface area is 185 Å². The number of hydrogen-bond acceptors (Lipinski definition) is 4. The van der Waals surface area contributed by atoms with Crippen molar-refractivity contribution in [2.45, 2.75) is 38.1 Å². The molecule has 5 rings (SSSR count). The summed E-state index contributed by atoms with van der Waals surface area (Å²) in [6.07, 6.45) is 4.25. The number of carboxylic acid groups (broad SMARTS) is 1. The molecular formula is C23H26ClN3O4. The third kappa shape index (κ3) is 3.72. The maximum absolute atomic E-state index is 12.4. The SMILES string of the molecule is Cl.Cn1c(CN2CCCC2)cc2cc(-c3[nH]c(=O)c(C(=O)O)c(O)c3C3CC3)ccc21. The average Bonchev–Trinajstić information content (AvgIpc) is 3.31. The van der Waals surface area contributed by atoms with Gasteiger partial charge in [0.05, 0.1) is 5.69 Å². The van der Waals surface area contributed by atoms with Gasteiger partial charge in [-0.25, -0.2) is 4.79 Å². The fourth-order valence-corrected chi connectivity index (χ4v) is 4.68. The molecule has 8 heteroatoms.